The summed E-state index contributed by atoms with van der Waals surface area (Å²) < 4.78 is 28.4. The van der Waals surface area contributed by atoms with Gasteiger partial charge in [-0.05, 0) is 39.0 Å². The van der Waals surface area contributed by atoms with Gasteiger partial charge in [0.05, 0.1) is 11.4 Å². The number of benzene rings is 1. The zero-order chi connectivity index (χ0) is 19.8. The SMILES string of the molecule is Cc1ccc(S(=O)(=O)N(C)CC(=O)c2cc(C)n(-c3nccs3)c2C)cc1. The molecule has 0 fully saturated rings. The van der Waals surface area contributed by atoms with E-state index in [-0.39, 0.29) is 17.2 Å². The van der Waals surface area contributed by atoms with Gasteiger partial charge in [-0.1, -0.05) is 17.7 Å². The third kappa shape index (κ3) is 3.73. The minimum Gasteiger partial charge on any atom is -0.294 e. The van der Waals surface area contributed by atoms with E-state index in [1.54, 1.807) is 36.5 Å². The van der Waals surface area contributed by atoms with Crippen molar-refractivity contribution in [1.29, 1.82) is 0 Å². The van der Waals surface area contributed by atoms with Crippen LogP contribution in [-0.4, -0.2) is 41.6 Å². The van der Waals surface area contributed by atoms with E-state index in [4.69, 9.17) is 0 Å². The van der Waals surface area contributed by atoms with Gasteiger partial charge in [-0.3, -0.25) is 9.36 Å². The number of aryl methyl sites for hydroxylation is 2. The molecule has 0 spiro atoms. The average molecular weight is 404 g/mol. The second-order valence-corrected chi connectivity index (χ2v) is 9.35. The van der Waals surface area contributed by atoms with Gasteiger partial charge in [-0.2, -0.15) is 4.31 Å². The molecule has 0 unspecified atom stereocenters. The fourth-order valence-corrected chi connectivity index (χ4v) is 4.81. The van der Waals surface area contributed by atoms with E-state index >= 15 is 0 Å². The topological polar surface area (TPSA) is 72.3 Å². The predicted octanol–water partition coefficient (Wildman–Crippen LogP) is 3.36. The fourth-order valence-electron chi connectivity index (χ4n) is 2.93. The van der Waals surface area contributed by atoms with Crippen molar-refractivity contribution in [2.75, 3.05) is 13.6 Å². The molecule has 0 saturated heterocycles. The molecule has 0 N–H and O–H groups in total. The van der Waals surface area contributed by atoms with Crippen LogP contribution in [0.4, 0.5) is 0 Å². The number of Topliss-reactive ketones (excluding diaryl/α,β-unsaturated/α-hetero) is 1. The quantitative estimate of drug-likeness (QED) is 0.592. The number of ketones is 1. The van der Waals surface area contributed by atoms with E-state index in [9.17, 15) is 13.2 Å². The maximum Gasteiger partial charge on any atom is 0.243 e. The van der Waals surface area contributed by atoms with Crippen LogP contribution in [0.2, 0.25) is 0 Å². The molecule has 3 aromatic rings. The maximum atomic E-state index is 12.8. The first-order valence-electron chi connectivity index (χ1n) is 8.37. The molecule has 6 nitrogen and oxygen atoms in total. The molecule has 8 heteroatoms. The van der Waals surface area contributed by atoms with Crippen LogP contribution in [0.3, 0.4) is 0 Å². The standard InChI is InChI=1S/C19H21N3O3S2/c1-13-5-7-16(8-6-13)27(24,25)21(4)12-18(23)17-11-14(2)22(15(17)3)19-20-9-10-26-19/h5-11H,12H2,1-4H3. The van der Waals surface area contributed by atoms with Crippen LogP contribution in [0, 0.1) is 20.8 Å². The molecule has 3 rings (SSSR count). The number of nitrogens with zero attached hydrogens (tertiary/aromatic N) is 3. The highest BCUT2D eigenvalue weighted by molar-refractivity contribution is 7.89. The highest BCUT2D eigenvalue weighted by Crippen LogP contribution is 2.23. The fraction of sp³-hybridized carbons (Fsp3) is 0.263. The Balaban J connectivity index is 1.85. The zero-order valence-corrected chi connectivity index (χ0v) is 17.3. The third-order valence-corrected chi connectivity index (χ3v) is 7.01. The van der Waals surface area contributed by atoms with Crippen molar-refractivity contribution < 1.29 is 13.2 Å². The van der Waals surface area contributed by atoms with Gasteiger partial charge in [0.1, 0.15) is 0 Å². The van der Waals surface area contributed by atoms with Crippen LogP contribution in [0.5, 0.6) is 0 Å². The van der Waals surface area contributed by atoms with Gasteiger partial charge in [-0.15, -0.1) is 11.3 Å². The lowest BCUT2D eigenvalue weighted by Gasteiger charge is -2.16. The van der Waals surface area contributed by atoms with Crippen LogP contribution >= 0.6 is 11.3 Å². The summed E-state index contributed by atoms with van der Waals surface area (Å²) in [5.41, 5.74) is 3.12. The molecule has 142 valence electrons. The number of sulfonamides is 1. The normalized spacial score (nSPS) is 11.9. The van der Waals surface area contributed by atoms with Gasteiger partial charge in [-0.25, -0.2) is 13.4 Å². The van der Waals surface area contributed by atoms with Gasteiger partial charge in [0.25, 0.3) is 0 Å². The molecule has 0 aliphatic heterocycles. The van der Waals surface area contributed by atoms with Gasteiger partial charge < -0.3 is 0 Å². The lowest BCUT2D eigenvalue weighted by molar-refractivity contribution is 0.0972. The molecule has 0 amide bonds. The Morgan fingerprint density at radius 3 is 2.44 bits per heavy atom. The van der Waals surface area contributed by atoms with Crippen molar-refractivity contribution in [2.45, 2.75) is 25.7 Å². The number of hydrogen-bond donors (Lipinski definition) is 0. The molecule has 2 aromatic heterocycles. The van der Waals surface area contributed by atoms with Crippen LogP contribution in [-0.2, 0) is 10.0 Å². The molecule has 0 bridgehead atoms. The van der Waals surface area contributed by atoms with Crippen molar-refractivity contribution in [3.8, 4) is 5.13 Å². The minimum atomic E-state index is -3.72. The van der Waals surface area contributed by atoms with Crippen LogP contribution < -0.4 is 0 Å². The Labute approximate surface area is 163 Å². The number of aromatic nitrogens is 2. The van der Waals surface area contributed by atoms with E-state index in [1.807, 2.05) is 30.7 Å². The predicted molar refractivity (Wildman–Crippen MR) is 106 cm³/mol. The number of hydrogen-bond acceptors (Lipinski definition) is 5. The van der Waals surface area contributed by atoms with Crippen LogP contribution in [0.25, 0.3) is 5.13 Å². The highest BCUT2D eigenvalue weighted by Gasteiger charge is 2.25. The molecule has 2 heterocycles. The molecular weight excluding hydrogens is 382 g/mol. The van der Waals surface area contributed by atoms with Crippen molar-refractivity contribution in [2.24, 2.45) is 0 Å². The van der Waals surface area contributed by atoms with Crippen LogP contribution in [0.1, 0.15) is 27.3 Å². The van der Waals surface area contributed by atoms with Crippen LogP contribution in [0.15, 0.2) is 46.8 Å². The number of likely N-dealkylation sites (N-methyl/N-ethyl adjacent to an activating group) is 1. The molecule has 0 radical (unpaired) electrons. The smallest absolute Gasteiger partial charge is 0.243 e. The van der Waals surface area contributed by atoms with Crippen molar-refractivity contribution in [3.05, 3.63) is 64.4 Å². The summed E-state index contributed by atoms with van der Waals surface area (Å²) in [5, 5.41) is 2.65. The Hall–Kier alpha value is -2.29. The maximum absolute atomic E-state index is 12.8. The Kier molecular flexibility index (Phi) is 5.32. The van der Waals surface area contributed by atoms with E-state index in [1.165, 1.54) is 18.4 Å². The second-order valence-electron chi connectivity index (χ2n) is 6.43. The van der Waals surface area contributed by atoms with Crippen molar-refractivity contribution >= 4 is 27.1 Å². The molecular formula is C19H21N3O3S2. The second kappa shape index (κ2) is 7.38. The number of carbonyl (C=O) groups excluding carboxylic acids is 1. The molecule has 0 atom stereocenters. The Morgan fingerprint density at radius 1 is 1.19 bits per heavy atom. The molecule has 0 aliphatic rings. The summed E-state index contributed by atoms with van der Waals surface area (Å²) in [6, 6.07) is 8.37. The summed E-state index contributed by atoms with van der Waals surface area (Å²) in [6.07, 6.45) is 1.71. The van der Waals surface area contributed by atoms with Gasteiger partial charge in [0, 0.05) is 35.6 Å². The number of carbonyl (C=O) groups is 1. The van der Waals surface area contributed by atoms with E-state index < -0.39 is 10.0 Å². The monoisotopic (exact) mass is 403 g/mol. The number of rotatable bonds is 6. The summed E-state index contributed by atoms with van der Waals surface area (Å²) >= 11 is 1.48. The van der Waals surface area contributed by atoms with E-state index in [0.717, 1.165) is 26.4 Å². The summed E-state index contributed by atoms with van der Waals surface area (Å²) in [7, 11) is -2.30. The first kappa shape index (κ1) is 19.5. The van der Waals surface area contributed by atoms with Gasteiger partial charge >= 0.3 is 0 Å². The summed E-state index contributed by atoms with van der Waals surface area (Å²) in [5.74, 6) is -0.246. The average Bonchev–Trinajstić information content (AvgIpc) is 3.23. The molecule has 0 saturated carbocycles. The minimum absolute atomic E-state index is 0.177. The number of thiazole rings is 1. The summed E-state index contributed by atoms with van der Waals surface area (Å²) in [4.78, 5) is 17.3. The highest BCUT2D eigenvalue weighted by atomic mass is 32.2. The Morgan fingerprint density at radius 2 is 1.85 bits per heavy atom. The van der Waals surface area contributed by atoms with E-state index in [2.05, 4.69) is 4.98 Å². The lowest BCUT2D eigenvalue weighted by Crippen LogP contribution is -2.32. The summed E-state index contributed by atoms with van der Waals surface area (Å²) in [6.45, 7) is 5.41. The third-order valence-electron chi connectivity index (χ3n) is 4.44. The van der Waals surface area contributed by atoms with Gasteiger partial charge in [0.2, 0.25) is 10.0 Å². The zero-order valence-electron chi connectivity index (χ0n) is 15.6. The Bertz CT molecular complexity index is 1070. The molecule has 27 heavy (non-hydrogen) atoms. The van der Waals surface area contributed by atoms with E-state index in [0.29, 0.717) is 5.56 Å². The van der Waals surface area contributed by atoms with Gasteiger partial charge in [0.15, 0.2) is 10.9 Å². The van der Waals surface area contributed by atoms with Crippen molar-refractivity contribution in [1.82, 2.24) is 13.9 Å². The largest absolute Gasteiger partial charge is 0.294 e. The molecule has 0 aliphatic carbocycles. The van der Waals surface area contributed by atoms with Crippen molar-refractivity contribution in [3.63, 3.8) is 0 Å². The first-order valence-corrected chi connectivity index (χ1v) is 10.7. The first-order chi connectivity index (χ1) is 12.7. The molecule has 1 aromatic carbocycles. The lowest BCUT2D eigenvalue weighted by atomic mass is 10.1.